The Hall–Kier alpha value is -6.84. The number of anilines is 3. The van der Waals surface area contributed by atoms with Crippen LogP contribution in [0, 0.1) is 18.3 Å². The smallest absolute Gasteiger partial charge is 0.278 e. The number of aliphatic hydroxyl groups excluding tert-OH is 1. The van der Waals surface area contributed by atoms with E-state index in [1.807, 2.05) is 69.6 Å². The van der Waals surface area contributed by atoms with E-state index in [1.165, 1.54) is 15.8 Å². The summed E-state index contributed by atoms with van der Waals surface area (Å²) >= 11 is 1.59. The summed E-state index contributed by atoms with van der Waals surface area (Å²) in [6.07, 6.45) is 9.20. The largest absolute Gasteiger partial charge is 0.391 e. The van der Waals surface area contributed by atoms with E-state index in [0.717, 1.165) is 111 Å². The summed E-state index contributed by atoms with van der Waals surface area (Å²) in [7, 11) is 0. The third-order valence-electron chi connectivity index (χ3n) is 16.9. The highest BCUT2D eigenvalue weighted by atomic mass is 32.1. The third kappa shape index (κ3) is 13.1. The van der Waals surface area contributed by atoms with Crippen molar-refractivity contribution in [3.05, 3.63) is 118 Å². The summed E-state index contributed by atoms with van der Waals surface area (Å²) in [5.41, 5.74) is 5.57. The topological polar surface area (TPSA) is 219 Å². The van der Waals surface area contributed by atoms with E-state index in [2.05, 4.69) is 64.3 Å². The van der Waals surface area contributed by atoms with Crippen molar-refractivity contribution in [2.24, 2.45) is 11.3 Å². The molecule has 1 aliphatic carbocycles. The summed E-state index contributed by atoms with van der Waals surface area (Å²) in [4.78, 5) is 83.9. The fourth-order valence-corrected chi connectivity index (χ4v) is 13.1. The van der Waals surface area contributed by atoms with Gasteiger partial charge in [-0.25, -0.2) is 24.3 Å². The third-order valence-corrected chi connectivity index (χ3v) is 17.9. The van der Waals surface area contributed by atoms with Crippen molar-refractivity contribution >= 4 is 57.4 Å². The van der Waals surface area contributed by atoms with Gasteiger partial charge in [-0.05, 0) is 131 Å². The molecule has 81 heavy (non-hydrogen) atoms. The maximum absolute atomic E-state index is 14.3. The van der Waals surface area contributed by atoms with Crippen molar-refractivity contribution in [1.29, 1.82) is 0 Å². The fourth-order valence-electron chi connectivity index (χ4n) is 12.3. The number of benzene rings is 2. The molecule has 20 heteroatoms. The number of β-amino-alcohol motifs (C(OH)–C–C–N with tert-alkyl or cyclic N) is 1. The van der Waals surface area contributed by atoms with E-state index >= 15 is 0 Å². The van der Waals surface area contributed by atoms with Crippen LogP contribution >= 0.6 is 11.3 Å². The second kappa shape index (κ2) is 24.3. The van der Waals surface area contributed by atoms with E-state index in [1.54, 1.807) is 54.1 Å². The minimum atomic E-state index is -1.18. The normalized spacial score (nSPS) is 21.0. The van der Waals surface area contributed by atoms with E-state index < -0.39 is 29.2 Å². The van der Waals surface area contributed by atoms with Gasteiger partial charge in [-0.1, -0.05) is 57.2 Å². The molecule has 4 fully saturated rings. The van der Waals surface area contributed by atoms with Gasteiger partial charge in [0.1, 0.15) is 23.1 Å². The predicted octanol–water partition coefficient (Wildman–Crippen LogP) is 6.91. The average molecular weight is 1120 g/mol. The van der Waals surface area contributed by atoms with Crippen LogP contribution in [0.25, 0.3) is 27.3 Å². The number of likely N-dealkylation sites (tertiary alicyclic amines) is 2. The molecular weight excluding hydrogens is 1040 g/mol. The Morgan fingerprint density at radius 2 is 1.54 bits per heavy atom. The summed E-state index contributed by atoms with van der Waals surface area (Å²) in [5, 5.41) is 31.2. The van der Waals surface area contributed by atoms with Crippen LogP contribution in [-0.2, 0) is 33.1 Å². The van der Waals surface area contributed by atoms with Gasteiger partial charge in [-0.2, -0.15) is 4.98 Å². The fraction of sp³-hybridized carbons (Fsp3) is 0.508. The molecule has 3 atom stereocenters. The highest BCUT2D eigenvalue weighted by Gasteiger charge is 2.45. The van der Waals surface area contributed by atoms with Gasteiger partial charge >= 0.3 is 0 Å². The maximum atomic E-state index is 14.3. The first-order chi connectivity index (χ1) is 38.8. The molecule has 19 nitrogen and oxygen atoms in total. The number of nitrogens with one attached hydrogen (secondary N) is 3. The molecular formula is C61H79N13O6S. The molecule has 4 aromatic heterocycles. The lowest BCUT2D eigenvalue weighted by Gasteiger charge is -2.46. The van der Waals surface area contributed by atoms with E-state index in [-0.39, 0.29) is 55.3 Å². The van der Waals surface area contributed by atoms with Gasteiger partial charge < -0.3 is 40.9 Å². The molecule has 1 saturated carbocycles. The van der Waals surface area contributed by atoms with Gasteiger partial charge in [0.15, 0.2) is 11.5 Å². The number of carbonyl (C=O) groups excluding carboxylic acids is 3. The molecule has 430 valence electrons. The predicted molar refractivity (Wildman–Crippen MR) is 316 cm³/mol. The highest BCUT2D eigenvalue weighted by Crippen LogP contribution is 2.34. The first kappa shape index (κ1) is 57.4. The standard InChI is InChI=1S/C61H79N13O6S/c1-8-26-73-57(78)48-36-63-59(68-55(48)74(73)51-11-9-10-50(66-51)61(6,7)80)65-43-18-22-45(23-19-43)70-29-31-71(32-30-70)46-24-27-69(28-25-46)44-20-14-40(15-21-44)33-52(76)67-54(60(3,4)5)58(79)72-37-47(75)34-49(72)56(77)62-35-41-12-16-42(17-13-41)53-39(2)64-38-81-53/h8-13,16-19,22-23,36,38,40,44,46-47,49,54,75,80H,1,14-15,20-21,24-35,37H2,2-7H3,(H,62,77)(H,67,76)(H,63,65,68)/t40?,44?,47-,49+,54-/m1/s1. The average Bonchev–Trinajstić information content (AvgIpc) is 4.01. The van der Waals surface area contributed by atoms with Crippen LogP contribution in [0.3, 0.4) is 0 Å². The van der Waals surface area contributed by atoms with Crippen molar-refractivity contribution in [3.63, 3.8) is 0 Å². The van der Waals surface area contributed by atoms with E-state index in [9.17, 15) is 29.4 Å². The van der Waals surface area contributed by atoms with Crippen molar-refractivity contribution < 1.29 is 24.6 Å². The van der Waals surface area contributed by atoms with E-state index in [0.29, 0.717) is 47.0 Å². The Balaban J connectivity index is 0.656. The van der Waals surface area contributed by atoms with Crippen LogP contribution in [0.2, 0.25) is 0 Å². The number of hydrogen-bond donors (Lipinski definition) is 5. The number of thiazole rings is 1. The number of carbonyl (C=O) groups is 3. The van der Waals surface area contributed by atoms with Crippen LogP contribution in [-0.4, -0.2) is 148 Å². The minimum absolute atomic E-state index is 0.0390. The summed E-state index contributed by atoms with van der Waals surface area (Å²) in [6, 6.07) is 21.0. The Bertz CT molecular complexity index is 3250. The van der Waals surface area contributed by atoms with Crippen molar-refractivity contribution in [2.45, 2.75) is 142 Å². The van der Waals surface area contributed by atoms with Gasteiger partial charge in [0.2, 0.25) is 23.7 Å². The first-order valence-corrected chi connectivity index (χ1v) is 29.6. The molecule has 3 aliphatic heterocycles. The quantitative estimate of drug-likeness (QED) is 0.0587. The summed E-state index contributed by atoms with van der Waals surface area (Å²) in [6.45, 7) is 21.6. The second-order valence-corrected chi connectivity index (χ2v) is 25.0. The number of nitrogens with zero attached hydrogens (tertiary/aromatic N) is 10. The zero-order chi connectivity index (χ0) is 57.2. The molecule has 7 heterocycles. The lowest BCUT2D eigenvalue weighted by atomic mass is 9.82. The molecule has 3 amide bonds. The molecule has 5 N–H and O–H groups in total. The van der Waals surface area contributed by atoms with Crippen LogP contribution in [0.1, 0.15) is 103 Å². The Morgan fingerprint density at radius 3 is 2.20 bits per heavy atom. The Morgan fingerprint density at radius 1 is 0.852 bits per heavy atom. The summed E-state index contributed by atoms with van der Waals surface area (Å²) < 4.78 is 3.17. The number of piperazine rings is 1. The molecule has 3 saturated heterocycles. The molecule has 0 spiro atoms. The first-order valence-electron chi connectivity index (χ1n) is 28.8. The zero-order valence-corrected chi connectivity index (χ0v) is 48.5. The van der Waals surface area contributed by atoms with Gasteiger partial charge in [0.05, 0.1) is 34.4 Å². The van der Waals surface area contributed by atoms with E-state index in [4.69, 9.17) is 4.98 Å². The van der Waals surface area contributed by atoms with Crippen LogP contribution < -0.4 is 26.4 Å². The molecule has 0 radical (unpaired) electrons. The van der Waals surface area contributed by atoms with Crippen LogP contribution in [0.15, 0.2) is 95.9 Å². The lowest BCUT2D eigenvalue weighted by molar-refractivity contribution is -0.144. The number of aryl methyl sites for hydroxylation is 1. The van der Waals surface area contributed by atoms with Crippen molar-refractivity contribution in [3.8, 4) is 16.3 Å². The van der Waals surface area contributed by atoms with Gasteiger partial charge in [0.25, 0.3) is 5.56 Å². The summed E-state index contributed by atoms with van der Waals surface area (Å²) in [5.74, 6) is 0.222. The molecule has 10 rings (SSSR count). The molecule has 6 aromatic rings. The number of allylic oxidation sites excluding steroid dienone is 1. The van der Waals surface area contributed by atoms with Crippen LogP contribution in [0.4, 0.5) is 17.3 Å². The number of hydrogen-bond acceptors (Lipinski definition) is 15. The monoisotopic (exact) mass is 1120 g/mol. The second-order valence-electron chi connectivity index (χ2n) is 24.1. The number of aromatic nitrogens is 6. The number of rotatable bonds is 17. The maximum Gasteiger partial charge on any atom is 0.278 e. The molecule has 2 aromatic carbocycles. The van der Waals surface area contributed by atoms with Crippen LogP contribution in [0.5, 0.6) is 0 Å². The number of pyridine rings is 1. The number of piperidine rings is 1. The Labute approximate surface area is 478 Å². The molecule has 0 unspecified atom stereocenters. The number of fused-ring (bicyclic) bond motifs is 1. The van der Waals surface area contributed by atoms with Gasteiger partial charge in [-0.3, -0.25) is 24.1 Å². The highest BCUT2D eigenvalue weighted by molar-refractivity contribution is 7.13. The van der Waals surface area contributed by atoms with Crippen molar-refractivity contribution in [2.75, 3.05) is 56.0 Å². The molecule has 4 aliphatic rings. The van der Waals surface area contributed by atoms with Gasteiger partial charge in [-0.15, -0.1) is 17.9 Å². The number of aliphatic hydroxyl groups is 2. The lowest BCUT2D eigenvalue weighted by Crippen LogP contribution is -2.58. The number of amides is 3. The van der Waals surface area contributed by atoms with Crippen molar-refractivity contribution in [1.82, 2.24) is 54.6 Å². The minimum Gasteiger partial charge on any atom is -0.391 e. The van der Waals surface area contributed by atoms with Gasteiger partial charge in [0, 0.05) is 81.8 Å². The molecule has 0 bridgehead atoms. The SMILES string of the molecule is C=CCn1c(=O)c2cnc(Nc3ccc(N4CCN(C5CCN(C6CCC(CC(=O)N[C@H](C(=O)N7C[C@H](O)C[C@H]7C(=O)NCc7ccc(-c8scnc8C)cc7)C(C)(C)C)CC6)CC5)CC4)cc3)nc2n1-c1cccc(C(C)(C)O)n1. The Kier molecular flexibility index (Phi) is 17.2. The zero-order valence-electron chi connectivity index (χ0n) is 47.7.